The summed E-state index contributed by atoms with van der Waals surface area (Å²) in [5, 5.41) is 2.56. The van der Waals surface area contributed by atoms with Crippen molar-refractivity contribution < 1.29 is 9.18 Å². The van der Waals surface area contributed by atoms with Crippen molar-refractivity contribution in [3.05, 3.63) is 65.9 Å². The van der Waals surface area contributed by atoms with Gasteiger partial charge in [-0.25, -0.2) is 14.4 Å². The topological polar surface area (TPSA) is 123 Å². The fraction of sp³-hybridized carbons (Fsp3) is 0.263. The number of hydrogen-bond donors (Lipinski definition) is 3. The molecule has 1 unspecified atom stereocenters. The molecule has 1 saturated heterocycles. The maximum Gasteiger partial charge on any atom is 0.278 e. The van der Waals surface area contributed by atoms with Crippen LogP contribution >= 0.6 is 0 Å². The summed E-state index contributed by atoms with van der Waals surface area (Å²) < 4.78 is 15.3. The van der Waals surface area contributed by atoms with Crippen LogP contribution in [0.5, 0.6) is 0 Å². The molecule has 1 aliphatic heterocycles. The lowest BCUT2D eigenvalue weighted by molar-refractivity contribution is -0.0348. The van der Waals surface area contributed by atoms with Crippen LogP contribution in [0, 0.1) is 0 Å². The van der Waals surface area contributed by atoms with Crippen LogP contribution in [-0.2, 0) is 0 Å². The Morgan fingerprint density at radius 1 is 1.32 bits per heavy atom. The van der Waals surface area contributed by atoms with Gasteiger partial charge in [-0.15, -0.1) is 0 Å². The Morgan fingerprint density at radius 3 is 2.61 bits per heavy atom. The van der Waals surface area contributed by atoms with Crippen molar-refractivity contribution in [1.82, 2.24) is 20.2 Å². The first-order valence-corrected chi connectivity index (χ1v) is 8.68. The summed E-state index contributed by atoms with van der Waals surface area (Å²) in [6.45, 7) is 0.544. The van der Waals surface area contributed by atoms with Crippen molar-refractivity contribution in [2.75, 3.05) is 25.9 Å². The molecule has 1 atom stereocenters. The van der Waals surface area contributed by atoms with Crippen molar-refractivity contribution in [3.8, 4) is 0 Å². The monoisotopic (exact) mass is 383 g/mol. The first-order valence-electron chi connectivity index (χ1n) is 8.68. The second kappa shape index (κ2) is 8.13. The molecule has 0 saturated carbocycles. The zero-order chi connectivity index (χ0) is 20.1. The average Bonchev–Trinajstić information content (AvgIpc) is 2.67. The first-order chi connectivity index (χ1) is 13.4. The number of carbonyl (C=O) groups is 1. The number of amides is 1. The summed E-state index contributed by atoms with van der Waals surface area (Å²) in [7, 11) is 1.85. The molecule has 0 aliphatic carbocycles. The van der Waals surface area contributed by atoms with E-state index in [1.54, 1.807) is 0 Å². The number of anilines is 1. The van der Waals surface area contributed by atoms with Crippen LogP contribution in [0.15, 0.2) is 59.6 Å². The smallest absolute Gasteiger partial charge is 0.278 e. The quantitative estimate of drug-likeness (QED) is 0.641. The van der Waals surface area contributed by atoms with Gasteiger partial charge in [0.15, 0.2) is 17.2 Å². The van der Waals surface area contributed by atoms with E-state index in [1.807, 2.05) is 42.3 Å². The number of carbonyl (C=O) groups excluding carboxylic acids is 1. The third-order valence-corrected chi connectivity index (χ3v) is 4.41. The number of nitrogens with zero attached hydrogens (tertiary/aromatic N) is 4. The Bertz CT molecular complexity index is 894. The van der Waals surface area contributed by atoms with Crippen LogP contribution in [0.1, 0.15) is 22.1 Å². The minimum atomic E-state index is -1.49. The highest BCUT2D eigenvalue weighted by Gasteiger charge is 2.48. The number of aliphatic imine (C=N–C) groups is 1. The van der Waals surface area contributed by atoms with Gasteiger partial charge in [0.1, 0.15) is 6.04 Å². The van der Waals surface area contributed by atoms with Crippen molar-refractivity contribution in [2.45, 2.75) is 11.7 Å². The molecule has 0 bridgehead atoms. The molecule has 3 rings (SSSR count). The van der Waals surface area contributed by atoms with Crippen LogP contribution in [0.2, 0.25) is 0 Å². The fourth-order valence-electron chi connectivity index (χ4n) is 3.16. The Hall–Kier alpha value is -3.33. The van der Waals surface area contributed by atoms with Gasteiger partial charge in [-0.3, -0.25) is 14.7 Å². The zero-order valence-corrected chi connectivity index (χ0v) is 15.4. The lowest BCUT2D eigenvalue weighted by atomic mass is 9.84. The second-order valence-electron chi connectivity index (χ2n) is 6.66. The van der Waals surface area contributed by atoms with Crippen molar-refractivity contribution in [1.29, 1.82) is 0 Å². The van der Waals surface area contributed by atoms with Gasteiger partial charge in [0.25, 0.3) is 5.91 Å². The minimum Gasteiger partial charge on any atom is -0.403 e. The van der Waals surface area contributed by atoms with E-state index in [0.717, 1.165) is 5.56 Å². The average molecular weight is 383 g/mol. The van der Waals surface area contributed by atoms with Gasteiger partial charge >= 0.3 is 0 Å². The minimum absolute atomic E-state index is 0.00399. The maximum atomic E-state index is 15.3. The Kier molecular flexibility index (Phi) is 5.65. The molecule has 146 valence electrons. The molecule has 9 heteroatoms. The number of alkyl halides is 1. The van der Waals surface area contributed by atoms with Gasteiger partial charge in [-0.1, -0.05) is 30.3 Å². The predicted octanol–water partition coefficient (Wildman–Crippen LogP) is 1.05. The lowest BCUT2D eigenvalue weighted by Gasteiger charge is -2.45. The Morgan fingerprint density at radius 2 is 2.00 bits per heavy atom. The number of nitrogens with one attached hydrogen (secondary N) is 1. The van der Waals surface area contributed by atoms with Gasteiger partial charge < -0.3 is 16.8 Å². The van der Waals surface area contributed by atoms with Gasteiger partial charge in [-0.2, -0.15) is 0 Å². The van der Waals surface area contributed by atoms with Crippen molar-refractivity contribution in [3.63, 3.8) is 0 Å². The van der Waals surface area contributed by atoms with Crippen LogP contribution in [0.4, 0.5) is 10.2 Å². The molecule has 28 heavy (non-hydrogen) atoms. The van der Waals surface area contributed by atoms with E-state index in [-0.39, 0.29) is 30.3 Å². The van der Waals surface area contributed by atoms with E-state index >= 15 is 4.39 Å². The number of allylic oxidation sites excluding steroid dienone is 1. The molecule has 1 aromatic heterocycles. The van der Waals surface area contributed by atoms with E-state index < -0.39 is 17.6 Å². The van der Waals surface area contributed by atoms with Crippen molar-refractivity contribution in [2.24, 2.45) is 10.7 Å². The van der Waals surface area contributed by atoms with Crippen LogP contribution < -0.4 is 16.8 Å². The molecule has 2 heterocycles. The summed E-state index contributed by atoms with van der Waals surface area (Å²) >= 11 is 0. The summed E-state index contributed by atoms with van der Waals surface area (Å²) in [6, 6.07) is 8.46. The molecular weight excluding hydrogens is 361 g/mol. The highest BCUT2D eigenvalue weighted by atomic mass is 19.1. The highest BCUT2D eigenvalue weighted by Crippen LogP contribution is 2.39. The molecule has 1 amide bonds. The largest absolute Gasteiger partial charge is 0.403 e. The normalized spacial score (nSPS) is 17.9. The molecule has 1 aromatic carbocycles. The Balaban J connectivity index is 1.79. The van der Waals surface area contributed by atoms with E-state index in [4.69, 9.17) is 11.5 Å². The van der Waals surface area contributed by atoms with E-state index in [1.165, 1.54) is 24.8 Å². The molecule has 0 radical (unpaired) electrons. The predicted molar refractivity (Wildman–Crippen MR) is 105 cm³/mol. The zero-order valence-electron chi connectivity index (χ0n) is 15.4. The van der Waals surface area contributed by atoms with Crippen LogP contribution in [0.25, 0.3) is 0 Å². The molecule has 5 N–H and O–H groups in total. The molecule has 1 fully saturated rings. The molecule has 2 aromatic rings. The van der Waals surface area contributed by atoms with Gasteiger partial charge in [0.2, 0.25) is 0 Å². The van der Waals surface area contributed by atoms with Crippen LogP contribution in [-0.4, -0.2) is 52.8 Å². The molecule has 0 spiro atoms. The summed E-state index contributed by atoms with van der Waals surface area (Å²) in [4.78, 5) is 26.3. The molecular formula is C19H22FN7O. The molecule has 1 aliphatic rings. The Labute approximate surface area is 162 Å². The fourth-order valence-corrected chi connectivity index (χ4v) is 3.16. The van der Waals surface area contributed by atoms with Gasteiger partial charge in [0.05, 0.1) is 5.70 Å². The van der Waals surface area contributed by atoms with Gasteiger partial charge in [0, 0.05) is 37.9 Å². The van der Waals surface area contributed by atoms with Gasteiger partial charge in [-0.05, 0) is 12.6 Å². The lowest BCUT2D eigenvalue weighted by Crippen LogP contribution is -2.59. The standard InChI is InChI=1S/C19H22FN7O/c1-27-11-19(20,12-27)16(13-5-3-2-4-6-13)25-10-14(9-21)26-18(28)15-17(22)24-8-7-23-15/h2-10,16H,11-12,21H2,1H3,(H2,22,24)(H,26,28)/b14-9+,25-10?. The number of benzene rings is 1. The SMILES string of the molecule is CN1CC(F)(C(N=C/C(=C\N)NC(=O)c2nccnc2N)c2ccccc2)C1. The first kappa shape index (κ1) is 19.4. The number of aromatic nitrogens is 2. The number of halogens is 1. The summed E-state index contributed by atoms with van der Waals surface area (Å²) in [5.41, 5.74) is 10.7. The summed E-state index contributed by atoms with van der Waals surface area (Å²) in [5.74, 6) is -0.584. The molecule has 8 nitrogen and oxygen atoms in total. The number of nitrogen functional groups attached to an aromatic ring is 1. The maximum absolute atomic E-state index is 15.3. The van der Waals surface area contributed by atoms with Crippen molar-refractivity contribution >= 4 is 17.9 Å². The number of rotatable bonds is 6. The van der Waals surface area contributed by atoms with E-state index in [9.17, 15) is 4.79 Å². The van der Waals surface area contributed by atoms with Crippen LogP contribution in [0.3, 0.4) is 0 Å². The number of hydrogen-bond acceptors (Lipinski definition) is 7. The highest BCUT2D eigenvalue weighted by molar-refractivity contribution is 6.00. The second-order valence-corrected chi connectivity index (χ2v) is 6.66. The third kappa shape index (κ3) is 4.15. The third-order valence-electron chi connectivity index (χ3n) is 4.41. The summed E-state index contributed by atoms with van der Waals surface area (Å²) in [6.07, 6.45) is 5.26. The van der Waals surface area contributed by atoms with E-state index in [0.29, 0.717) is 0 Å². The number of nitrogens with two attached hydrogens (primary N) is 2. The van der Waals surface area contributed by atoms with E-state index in [2.05, 4.69) is 20.3 Å². The number of likely N-dealkylation sites (tertiary alicyclic amines) is 1.